The number of nitro benzene ring substituents is 1. The molecule has 0 aromatic heterocycles. The summed E-state index contributed by atoms with van der Waals surface area (Å²) in [4.78, 5) is 60.0. The predicted molar refractivity (Wildman–Crippen MR) is 118 cm³/mol. The number of esters is 1. The normalized spacial score (nSPS) is 18.4. The number of carbonyl (C=O) groups excluding carboxylic acids is 4. The van der Waals surface area contributed by atoms with Gasteiger partial charge in [-0.15, -0.1) is 0 Å². The van der Waals surface area contributed by atoms with Gasteiger partial charge in [0.15, 0.2) is 15.9 Å². The molecule has 1 aromatic rings. The van der Waals surface area contributed by atoms with Crippen LogP contribution in [-0.2, 0) is 30.5 Å². The van der Waals surface area contributed by atoms with Gasteiger partial charge in [-0.05, 0) is 48.1 Å². The largest absolute Gasteiger partial charge is 0.456 e. The molecule has 1 saturated heterocycles. The van der Waals surface area contributed by atoms with Gasteiger partial charge in [0.25, 0.3) is 5.69 Å². The number of nitro groups is 1. The molecule has 1 N–H and O–H groups in total. The van der Waals surface area contributed by atoms with E-state index >= 15 is 0 Å². The molecule has 0 radical (unpaired) electrons. The van der Waals surface area contributed by atoms with Gasteiger partial charge in [-0.2, -0.15) is 0 Å². The molecule has 0 aliphatic carbocycles. The van der Waals surface area contributed by atoms with Gasteiger partial charge in [0, 0.05) is 26.0 Å². The van der Waals surface area contributed by atoms with E-state index in [0.717, 1.165) is 4.90 Å². The molecular formula is C19H19ClN2O8S2. The molecule has 10 nitrogen and oxygen atoms in total. The fraction of sp³-hybridized carbons (Fsp3) is 0.368. The second-order valence-corrected chi connectivity index (χ2v) is 9.75. The van der Waals surface area contributed by atoms with Crippen LogP contribution in [0.2, 0.25) is 0 Å². The molecule has 2 rings (SSSR count). The Hall–Kier alpha value is -2.41. The first-order valence-electron chi connectivity index (χ1n) is 9.10. The predicted octanol–water partition coefficient (Wildman–Crippen LogP) is 2.77. The van der Waals surface area contributed by atoms with E-state index in [2.05, 4.69) is 0 Å². The summed E-state index contributed by atoms with van der Waals surface area (Å²) in [6.07, 6.45) is -1.08. The van der Waals surface area contributed by atoms with Crippen molar-refractivity contribution in [3.8, 4) is 0 Å². The number of thioether (sulfide) groups is 2. The molecule has 13 heteroatoms. The van der Waals surface area contributed by atoms with Crippen molar-refractivity contribution in [2.24, 2.45) is 5.92 Å². The summed E-state index contributed by atoms with van der Waals surface area (Å²) >= 11 is 7.39. The van der Waals surface area contributed by atoms with Crippen molar-refractivity contribution in [2.75, 3.05) is 0 Å². The van der Waals surface area contributed by atoms with E-state index < -0.39 is 44.6 Å². The first-order chi connectivity index (χ1) is 14.9. The summed E-state index contributed by atoms with van der Waals surface area (Å²) in [6.45, 7) is 3.53. The maximum atomic E-state index is 12.9. The minimum absolute atomic E-state index is 0.0817. The van der Waals surface area contributed by atoms with Gasteiger partial charge in [0.05, 0.1) is 21.2 Å². The molecule has 1 heterocycles. The van der Waals surface area contributed by atoms with E-state index in [1.165, 1.54) is 45.0 Å². The minimum Gasteiger partial charge on any atom is -0.456 e. The summed E-state index contributed by atoms with van der Waals surface area (Å²) in [5.41, 5.74) is -1.18. The van der Waals surface area contributed by atoms with Crippen LogP contribution in [-0.4, -0.2) is 48.6 Å². The first-order valence-corrected chi connectivity index (χ1v) is 11.2. The topological polar surface area (TPSA) is 144 Å². The van der Waals surface area contributed by atoms with Gasteiger partial charge in [-0.1, -0.05) is 11.6 Å². The van der Waals surface area contributed by atoms with Crippen LogP contribution in [0.1, 0.15) is 26.3 Å². The Kier molecular flexibility index (Phi) is 8.84. The Morgan fingerprint density at radius 2 is 1.75 bits per heavy atom. The summed E-state index contributed by atoms with van der Waals surface area (Å²) in [7, 11) is 0. The highest BCUT2D eigenvalue weighted by Crippen LogP contribution is 2.42. The number of hydrogen-bond donors (Lipinski definition) is 1. The van der Waals surface area contributed by atoms with Crippen molar-refractivity contribution < 1.29 is 33.9 Å². The Morgan fingerprint density at radius 3 is 2.16 bits per heavy atom. The third-order valence-electron chi connectivity index (χ3n) is 4.20. The van der Waals surface area contributed by atoms with Gasteiger partial charge in [0.1, 0.15) is 12.1 Å². The summed E-state index contributed by atoms with van der Waals surface area (Å²) in [5, 5.41) is 19.6. The van der Waals surface area contributed by atoms with Crippen molar-refractivity contribution in [2.45, 2.75) is 39.0 Å². The number of hydrogen-bond acceptors (Lipinski definition) is 10. The average molecular weight is 503 g/mol. The third kappa shape index (κ3) is 6.09. The zero-order valence-corrected chi connectivity index (χ0v) is 19.5. The molecule has 0 spiro atoms. The highest BCUT2D eigenvalue weighted by Gasteiger charge is 2.53. The van der Waals surface area contributed by atoms with Crippen LogP contribution in [0.15, 0.2) is 34.2 Å². The lowest BCUT2D eigenvalue weighted by molar-refractivity contribution is -0.384. The molecule has 0 unspecified atom stereocenters. The van der Waals surface area contributed by atoms with E-state index in [1.54, 1.807) is 0 Å². The van der Waals surface area contributed by atoms with Crippen molar-refractivity contribution in [1.29, 1.82) is 0 Å². The fourth-order valence-corrected chi connectivity index (χ4v) is 5.20. The lowest BCUT2D eigenvalue weighted by Gasteiger charge is -2.45. The van der Waals surface area contributed by atoms with E-state index in [-0.39, 0.29) is 22.2 Å². The molecule has 32 heavy (non-hydrogen) atoms. The fourth-order valence-electron chi connectivity index (χ4n) is 2.74. The molecule has 172 valence electrons. The Labute approximate surface area is 196 Å². The number of β-lactam (4-membered cyclic amide) rings is 1. The number of benzene rings is 1. The molecule has 0 saturated carbocycles. The molecule has 1 aliphatic heterocycles. The Balaban J connectivity index is 2.36. The summed E-state index contributed by atoms with van der Waals surface area (Å²) in [5.74, 6) is -2.66. The zero-order chi connectivity index (χ0) is 24.2. The Morgan fingerprint density at radius 1 is 1.22 bits per heavy atom. The van der Waals surface area contributed by atoms with Crippen molar-refractivity contribution in [1.82, 2.24) is 4.90 Å². The van der Waals surface area contributed by atoms with Crippen molar-refractivity contribution >= 4 is 62.9 Å². The van der Waals surface area contributed by atoms with Crippen LogP contribution in [0, 0.1) is 16.0 Å². The van der Waals surface area contributed by atoms with Crippen molar-refractivity contribution in [3.05, 3.63) is 49.9 Å². The third-order valence-corrected chi connectivity index (χ3v) is 6.50. The minimum atomic E-state index is -1.10. The number of alkyl halides is 1. The van der Waals surface area contributed by atoms with Gasteiger partial charge in [-0.3, -0.25) is 29.4 Å². The number of rotatable bonds is 8. The van der Waals surface area contributed by atoms with E-state index in [0.29, 0.717) is 29.1 Å². The van der Waals surface area contributed by atoms with Gasteiger partial charge < -0.3 is 9.84 Å². The number of nitrogens with zero attached hydrogens (tertiary/aromatic N) is 2. The van der Waals surface area contributed by atoms with Crippen LogP contribution in [0.4, 0.5) is 5.69 Å². The molecule has 1 amide bonds. The smallest absolute Gasteiger partial charge is 0.357 e. The monoisotopic (exact) mass is 502 g/mol. The molecule has 0 bridgehead atoms. The van der Waals surface area contributed by atoms with Crippen LogP contribution < -0.4 is 0 Å². The van der Waals surface area contributed by atoms with Crippen LogP contribution >= 0.6 is 35.1 Å². The van der Waals surface area contributed by atoms with Gasteiger partial charge in [0.2, 0.25) is 5.91 Å². The average Bonchev–Trinajstić information content (AvgIpc) is 2.68. The summed E-state index contributed by atoms with van der Waals surface area (Å²) < 4.78 is 5.17. The quantitative estimate of drug-likeness (QED) is 0.107. The van der Waals surface area contributed by atoms with E-state index in [1.807, 2.05) is 0 Å². The zero-order valence-electron chi connectivity index (χ0n) is 17.1. The number of non-ortho nitro benzene ring substituents is 1. The second kappa shape index (κ2) is 10.9. The van der Waals surface area contributed by atoms with E-state index in [4.69, 9.17) is 16.3 Å². The number of ether oxygens (including phenoxy) is 1. The number of aliphatic hydroxyl groups excluding tert-OH is 1. The van der Waals surface area contributed by atoms with Crippen LogP contribution in [0.25, 0.3) is 0 Å². The number of halogens is 1. The second-order valence-electron chi connectivity index (χ2n) is 6.67. The lowest BCUT2D eigenvalue weighted by Crippen LogP contribution is -2.62. The van der Waals surface area contributed by atoms with Gasteiger partial charge in [-0.25, -0.2) is 4.79 Å². The molecule has 3 atom stereocenters. The highest BCUT2D eigenvalue weighted by atomic mass is 35.5. The number of aliphatic hydroxyl groups is 1. The van der Waals surface area contributed by atoms with Crippen molar-refractivity contribution in [3.63, 3.8) is 0 Å². The van der Waals surface area contributed by atoms with Gasteiger partial charge >= 0.3 is 5.97 Å². The Bertz CT molecular complexity index is 962. The highest BCUT2D eigenvalue weighted by molar-refractivity contribution is 8.34. The molecule has 1 aliphatic rings. The van der Waals surface area contributed by atoms with E-state index in [9.17, 15) is 34.4 Å². The summed E-state index contributed by atoms with van der Waals surface area (Å²) in [6, 6.07) is 5.27. The number of likely N-dealkylation sites (tertiary alicyclic amines) is 1. The van der Waals surface area contributed by atoms with Crippen LogP contribution in [0.5, 0.6) is 0 Å². The molecular weight excluding hydrogens is 484 g/mol. The molecule has 1 fully saturated rings. The van der Waals surface area contributed by atoms with Crippen LogP contribution in [0.3, 0.4) is 0 Å². The standard InChI is InChI=1S/C19H19ClN2O8S2/c1-9(23)14-16(20)21(17(14)26)15(19(31-10(2)24)32-11(3)25)18(27)30-8-12-4-6-13(7-5-12)22(28)29/h4-7,9,14,16,23H,8H2,1-3H3/t9-,14-,16+/m1/s1. The first kappa shape index (κ1) is 25.8. The maximum Gasteiger partial charge on any atom is 0.357 e. The lowest BCUT2D eigenvalue weighted by atomic mass is 9.92. The SMILES string of the molecule is CC(=O)SC(SC(C)=O)=C(C(=O)OCc1ccc([N+](=O)[O-])cc1)N1C(=O)[C@H]([C@@H](C)O)[C@H]1Cl. The number of amides is 1. The molecule has 1 aromatic carbocycles. The maximum absolute atomic E-state index is 12.9. The number of carbonyl (C=O) groups is 4.